The van der Waals surface area contributed by atoms with Crippen LogP contribution >= 0.6 is 23.7 Å². The van der Waals surface area contributed by atoms with Gasteiger partial charge in [0.1, 0.15) is 5.69 Å². The number of piperazine rings is 1. The summed E-state index contributed by atoms with van der Waals surface area (Å²) in [6, 6.07) is 7.75. The van der Waals surface area contributed by atoms with Crippen molar-refractivity contribution in [1.82, 2.24) is 14.8 Å². The molecule has 146 valence electrons. The van der Waals surface area contributed by atoms with E-state index in [1.807, 2.05) is 29.2 Å². The molecule has 1 aliphatic heterocycles. The minimum Gasteiger partial charge on any atom is -0.335 e. The lowest BCUT2D eigenvalue weighted by Gasteiger charge is -2.34. The number of amides is 2. The molecule has 27 heavy (non-hydrogen) atoms. The smallest absolute Gasteiger partial charge is 0.273 e. The molecule has 0 aliphatic carbocycles. The monoisotopic (exact) mass is 408 g/mol. The average molecular weight is 409 g/mol. The number of halogens is 1. The molecular formula is C19H25ClN4O2S. The number of nitrogens with zero attached hydrogens (tertiary/aromatic N) is 3. The summed E-state index contributed by atoms with van der Waals surface area (Å²) in [6.45, 7) is 4.76. The van der Waals surface area contributed by atoms with Crippen LogP contribution in [-0.4, -0.2) is 59.3 Å². The molecule has 1 aromatic heterocycles. The van der Waals surface area contributed by atoms with Crippen LogP contribution in [0, 0.1) is 0 Å². The van der Waals surface area contributed by atoms with Crippen LogP contribution in [0.3, 0.4) is 0 Å². The molecule has 0 atom stereocenters. The van der Waals surface area contributed by atoms with Gasteiger partial charge in [-0.15, -0.1) is 23.7 Å². The Morgan fingerprint density at radius 3 is 2.22 bits per heavy atom. The topological polar surface area (TPSA) is 79.5 Å². The van der Waals surface area contributed by atoms with Crippen molar-refractivity contribution in [1.29, 1.82) is 0 Å². The van der Waals surface area contributed by atoms with E-state index in [0.29, 0.717) is 50.4 Å². The average Bonchev–Trinajstić information content (AvgIpc) is 3.16. The number of carbonyl (C=O) groups is 2. The van der Waals surface area contributed by atoms with Crippen LogP contribution in [0.5, 0.6) is 0 Å². The first-order chi connectivity index (χ1) is 12.6. The molecule has 0 unspecified atom stereocenters. The molecule has 3 rings (SSSR count). The van der Waals surface area contributed by atoms with Crippen molar-refractivity contribution in [2.45, 2.75) is 19.8 Å². The van der Waals surface area contributed by atoms with Crippen molar-refractivity contribution in [3.8, 4) is 0 Å². The molecule has 1 saturated heterocycles. The summed E-state index contributed by atoms with van der Waals surface area (Å²) >= 11 is 1.47. The molecule has 0 bridgehead atoms. The fourth-order valence-corrected chi connectivity index (χ4v) is 3.78. The normalized spacial score (nSPS) is 14.0. The van der Waals surface area contributed by atoms with E-state index in [1.54, 1.807) is 10.3 Å². The number of thiazole rings is 1. The number of nitrogens with two attached hydrogens (primary N) is 1. The molecule has 0 radical (unpaired) electrons. The number of hydrogen-bond donors (Lipinski definition) is 1. The van der Waals surface area contributed by atoms with Gasteiger partial charge < -0.3 is 15.5 Å². The summed E-state index contributed by atoms with van der Waals surface area (Å²) < 4.78 is 0. The van der Waals surface area contributed by atoms with Gasteiger partial charge in [0.05, 0.1) is 5.01 Å². The first-order valence-corrected chi connectivity index (χ1v) is 9.82. The lowest BCUT2D eigenvalue weighted by atomic mass is 10.1. The van der Waals surface area contributed by atoms with Crippen LogP contribution in [0.4, 0.5) is 0 Å². The predicted molar refractivity (Wildman–Crippen MR) is 110 cm³/mol. The van der Waals surface area contributed by atoms with Crippen LogP contribution in [0.15, 0.2) is 29.6 Å². The molecule has 0 spiro atoms. The maximum absolute atomic E-state index is 12.6. The molecular weight excluding hydrogens is 384 g/mol. The minimum absolute atomic E-state index is 0. The molecule has 1 aliphatic rings. The van der Waals surface area contributed by atoms with Crippen molar-refractivity contribution >= 4 is 35.6 Å². The molecule has 0 saturated carbocycles. The lowest BCUT2D eigenvalue weighted by molar-refractivity contribution is 0.0532. The summed E-state index contributed by atoms with van der Waals surface area (Å²) in [6.07, 6.45) is 1.65. The third-order valence-electron chi connectivity index (χ3n) is 4.59. The van der Waals surface area contributed by atoms with Crippen LogP contribution in [0.2, 0.25) is 0 Å². The molecule has 2 aromatic rings. The summed E-state index contributed by atoms with van der Waals surface area (Å²) in [5.74, 6) is -0.0393. The minimum atomic E-state index is -0.0658. The predicted octanol–water partition coefficient (Wildman–Crippen LogP) is 2.23. The van der Waals surface area contributed by atoms with E-state index in [4.69, 9.17) is 5.73 Å². The molecule has 8 heteroatoms. The number of benzene rings is 1. The van der Waals surface area contributed by atoms with Crippen molar-refractivity contribution in [3.63, 3.8) is 0 Å². The van der Waals surface area contributed by atoms with E-state index in [-0.39, 0.29) is 24.2 Å². The molecule has 1 aromatic carbocycles. The van der Waals surface area contributed by atoms with Gasteiger partial charge in [-0.3, -0.25) is 9.59 Å². The third kappa shape index (κ3) is 5.06. The van der Waals surface area contributed by atoms with Crippen LogP contribution in [0.25, 0.3) is 0 Å². The van der Waals surface area contributed by atoms with Crippen molar-refractivity contribution in [2.75, 3.05) is 32.7 Å². The molecule has 6 nitrogen and oxygen atoms in total. The van der Waals surface area contributed by atoms with Crippen LogP contribution in [0.1, 0.15) is 38.3 Å². The summed E-state index contributed by atoms with van der Waals surface area (Å²) in [5.41, 5.74) is 7.93. The van der Waals surface area contributed by atoms with Crippen molar-refractivity contribution in [2.24, 2.45) is 5.73 Å². The molecule has 2 N–H and O–H groups in total. The zero-order chi connectivity index (χ0) is 18.5. The lowest BCUT2D eigenvalue weighted by Crippen LogP contribution is -2.50. The first kappa shape index (κ1) is 21.3. The van der Waals surface area contributed by atoms with Gasteiger partial charge >= 0.3 is 0 Å². The highest BCUT2D eigenvalue weighted by atomic mass is 35.5. The summed E-state index contributed by atoms with van der Waals surface area (Å²) in [5, 5.41) is 2.68. The fraction of sp³-hybridized carbons (Fsp3) is 0.421. The Kier molecular flexibility index (Phi) is 7.77. The number of carbonyl (C=O) groups excluding carboxylic acids is 2. The Hall–Kier alpha value is -1.96. The Bertz CT molecular complexity index is 770. The highest BCUT2D eigenvalue weighted by Crippen LogP contribution is 2.15. The van der Waals surface area contributed by atoms with Crippen LogP contribution in [-0.2, 0) is 12.8 Å². The van der Waals surface area contributed by atoms with Gasteiger partial charge in [-0.05, 0) is 30.7 Å². The Morgan fingerprint density at radius 1 is 1.07 bits per heavy atom. The van der Waals surface area contributed by atoms with Gasteiger partial charge in [0, 0.05) is 43.5 Å². The Balaban J connectivity index is 0.00000261. The highest BCUT2D eigenvalue weighted by Gasteiger charge is 2.26. The van der Waals surface area contributed by atoms with Crippen molar-refractivity contribution in [3.05, 3.63) is 51.5 Å². The van der Waals surface area contributed by atoms with E-state index in [1.165, 1.54) is 16.9 Å². The van der Waals surface area contributed by atoms with Gasteiger partial charge in [0.25, 0.3) is 11.8 Å². The second-order valence-corrected chi connectivity index (χ2v) is 7.24. The molecule has 2 amide bonds. The summed E-state index contributed by atoms with van der Waals surface area (Å²) in [7, 11) is 0. The van der Waals surface area contributed by atoms with E-state index < -0.39 is 0 Å². The van der Waals surface area contributed by atoms with E-state index >= 15 is 0 Å². The second-order valence-electron chi connectivity index (χ2n) is 6.30. The number of hydrogen-bond acceptors (Lipinski definition) is 5. The third-order valence-corrected chi connectivity index (χ3v) is 5.50. The zero-order valence-electron chi connectivity index (χ0n) is 15.4. The molecule has 2 heterocycles. The Morgan fingerprint density at radius 2 is 1.67 bits per heavy atom. The van der Waals surface area contributed by atoms with E-state index in [2.05, 4.69) is 11.9 Å². The Labute approximate surface area is 169 Å². The largest absolute Gasteiger partial charge is 0.335 e. The maximum Gasteiger partial charge on any atom is 0.273 e. The fourth-order valence-electron chi connectivity index (χ4n) is 2.99. The van der Waals surface area contributed by atoms with Gasteiger partial charge in [0.15, 0.2) is 0 Å². The number of aryl methyl sites for hydroxylation is 1. The zero-order valence-corrected chi connectivity index (χ0v) is 17.0. The highest BCUT2D eigenvalue weighted by molar-refractivity contribution is 7.09. The molecule has 1 fully saturated rings. The SMILES string of the molecule is CCc1ccc(C(=O)N2CCN(C(=O)c3csc(CCN)n3)CC2)cc1.Cl. The van der Waals surface area contributed by atoms with E-state index in [0.717, 1.165) is 11.4 Å². The maximum atomic E-state index is 12.6. The second kappa shape index (κ2) is 9.82. The summed E-state index contributed by atoms with van der Waals surface area (Å²) in [4.78, 5) is 33.1. The van der Waals surface area contributed by atoms with Crippen LogP contribution < -0.4 is 5.73 Å². The van der Waals surface area contributed by atoms with E-state index in [9.17, 15) is 9.59 Å². The number of rotatable bonds is 5. The first-order valence-electron chi connectivity index (χ1n) is 8.94. The van der Waals surface area contributed by atoms with Gasteiger partial charge in [0.2, 0.25) is 0 Å². The van der Waals surface area contributed by atoms with Gasteiger partial charge in [-0.1, -0.05) is 19.1 Å². The van der Waals surface area contributed by atoms with Crippen molar-refractivity contribution < 1.29 is 9.59 Å². The standard InChI is InChI=1S/C19H24N4O2S.ClH/c1-2-14-3-5-15(6-4-14)18(24)22-9-11-23(12-10-22)19(25)16-13-26-17(21-16)7-8-20;/h3-6,13H,2,7-12,20H2,1H3;1H. The van der Waals surface area contributed by atoms with Gasteiger partial charge in [-0.2, -0.15) is 0 Å². The van der Waals surface area contributed by atoms with Gasteiger partial charge in [-0.25, -0.2) is 4.98 Å². The quantitative estimate of drug-likeness (QED) is 0.822. The number of aromatic nitrogens is 1.